The largest absolute Gasteiger partial charge is 0.399 e. The minimum atomic E-state index is 0.449. The summed E-state index contributed by atoms with van der Waals surface area (Å²) in [6, 6.07) is 7.50. The van der Waals surface area contributed by atoms with Crippen molar-refractivity contribution < 1.29 is 4.74 Å². The molecule has 0 atom stereocenters. The predicted molar refractivity (Wildman–Crippen MR) is 70.2 cm³/mol. The molecule has 0 aliphatic rings. The summed E-state index contributed by atoms with van der Waals surface area (Å²) in [7, 11) is 1.65. The highest BCUT2D eigenvalue weighted by Crippen LogP contribution is 2.27. The molecule has 0 unspecified atom stereocenters. The van der Waals surface area contributed by atoms with Gasteiger partial charge in [0.15, 0.2) is 0 Å². The first kappa shape index (κ1) is 13.6. The van der Waals surface area contributed by atoms with Gasteiger partial charge in [0, 0.05) is 25.9 Å². The number of anilines is 2. The first-order chi connectivity index (χ1) is 8.19. The van der Waals surface area contributed by atoms with E-state index < -0.39 is 0 Å². The standard InChI is InChI=1S/C12H16ClN3O/c1-17-8-7-16(6-2-5-14)12-4-3-10(15)9-11(12)13/h3-4,9H,2,6-8,15H2,1H3. The summed E-state index contributed by atoms with van der Waals surface area (Å²) in [5.74, 6) is 0. The first-order valence-corrected chi connectivity index (χ1v) is 5.72. The second-order valence-corrected chi connectivity index (χ2v) is 4.01. The number of hydrogen-bond donors (Lipinski definition) is 1. The van der Waals surface area contributed by atoms with E-state index in [1.54, 1.807) is 19.2 Å². The maximum atomic E-state index is 8.64. The summed E-state index contributed by atoms with van der Waals surface area (Å²) >= 11 is 6.14. The van der Waals surface area contributed by atoms with Crippen LogP contribution in [-0.2, 0) is 4.74 Å². The highest BCUT2D eigenvalue weighted by molar-refractivity contribution is 6.33. The third kappa shape index (κ3) is 4.14. The van der Waals surface area contributed by atoms with Crippen molar-refractivity contribution in [1.82, 2.24) is 0 Å². The van der Waals surface area contributed by atoms with Gasteiger partial charge >= 0.3 is 0 Å². The molecule has 4 nitrogen and oxygen atoms in total. The molecule has 0 spiro atoms. The molecule has 1 aromatic carbocycles. The number of ether oxygens (including phenoxy) is 1. The Morgan fingerprint density at radius 3 is 2.82 bits per heavy atom. The van der Waals surface area contributed by atoms with Crippen LogP contribution in [0.3, 0.4) is 0 Å². The van der Waals surface area contributed by atoms with Crippen LogP contribution < -0.4 is 10.6 Å². The molecule has 0 saturated carbocycles. The van der Waals surface area contributed by atoms with Crippen LogP contribution in [0.15, 0.2) is 18.2 Å². The Bertz CT molecular complexity index is 403. The van der Waals surface area contributed by atoms with Crippen molar-refractivity contribution in [3.05, 3.63) is 23.2 Å². The van der Waals surface area contributed by atoms with E-state index in [-0.39, 0.29) is 0 Å². The summed E-state index contributed by atoms with van der Waals surface area (Å²) < 4.78 is 5.05. The maximum absolute atomic E-state index is 8.64. The molecule has 92 valence electrons. The van der Waals surface area contributed by atoms with Crippen LogP contribution in [0.5, 0.6) is 0 Å². The number of halogens is 1. The molecule has 0 radical (unpaired) electrons. The smallest absolute Gasteiger partial charge is 0.0660 e. The zero-order valence-corrected chi connectivity index (χ0v) is 10.6. The van der Waals surface area contributed by atoms with E-state index in [2.05, 4.69) is 6.07 Å². The molecule has 2 N–H and O–H groups in total. The van der Waals surface area contributed by atoms with E-state index in [0.29, 0.717) is 36.8 Å². The molecule has 1 aromatic rings. The number of methoxy groups -OCH3 is 1. The summed E-state index contributed by atoms with van der Waals surface area (Å²) in [6.07, 6.45) is 0.449. The van der Waals surface area contributed by atoms with Crippen molar-refractivity contribution in [3.8, 4) is 6.07 Å². The average Bonchev–Trinajstić information content (AvgIpc) is 2.30. The van der Waals surface area contributed by atoms with Crippen LogP contribution in [0.4, 0.5) is 11.4 Å². The Morgan fingerprint density at radius 1 is 1.47 bits per heavy atom. The van der Waals surface area contributed by atoms with Crippen LogP contribution in [0, 0.1) is 11.3 Å². The second kappa shape index (κ2) is 7.00. The van der Waals surface area contributed by atoms with Crippen LogP contribution in [0.25, 0.3) is 0 Å². The van der Waals surface area contributed by atoms with Crippen molar-refractivity contribution in [2.45, 2.75) is 6.42 Å². The van der Waals surface area contributed by atoms with Gasteiger partial charge in [-0.3, -0.25) is 0 Å². The topological polar surface area (TPSA) is 62.3 Å². The fraction of sp³-hybridized carbons (Fsp3) is 0.417. The van der Waals surface area contributed by atoms with Gasteiger partial charge in [0.25, 0.3) is 0 Å². The molecule has 1 rings (SSSR count). The lowest BCUT2D eigenvalue weighted by Gasteiger charge is -2.24. The van der Waals surface area contributed by atoms with E-state index in [1.807, 2.05) is 11.0 Å². The lowest BCUT2D eigenvalue weighted by atomic mass is 10.2. The molecule has 5 heteroatoms. The van der Waals surface area contributed by atoms with Gasteiger partial charge in [-0.15, -0.1) is 0 Å². The zero-order chi connectivity index (χ0) is 12.7. The number of benzene rings is 1. The Hall–Kier alpha value is -1.44. The monoisotopic (exact) mass is 253 g/mol. The van der Waals surface area contributed by atoms with Gasteiger partial charge in [0.05, 0.1) is 29.8 Å². The van der Waals surface area contributed by atoms with Gasteiger partial charge in [-0.1, -0.05) is 11.6 Å². The SMILES string of the molecule is COCCN(CCC#N)c1ccc(N)cc1Cl. The van der Waals surface area contributed by atoms with Gasteiger partial charge in [0.2, 0.25) is 0 Å². The predicted octanol–water partition coefficient (Wildman–Crippen LogP) is 2.29. The van der Waals surface area contributed by atoms with Crippen LogP contribution in [0.2, 0.25) is 5.02 Å². The van der Waals surface area contributed by atoms with Gasteiger partial charge < -0.3 is 15.4 Å². The molecule has 0 amide bonds. The Balaban J connectivity index is 2.83. The van der Waals surface area contributed by atoms with E-state index in [4.69, 9.17) is 27.3 Å². The van der Waals surface area contributed by atoms with Crippen LogP contribution in [-0.4, -0.2) is 26.8 Å². The third-order valence-corrected chi connectivity index (χ3v) is 2.67. The normalized spacial score (nSPS) is 9.94. The molecule has 0 bridgehead atoms. The minimum Gasteiger partial charge on any atom is -0.399 e. The Kier molecular flexibility index (Phi) is 5.61. The first-order valence-electron chi connectivity index (χ1n) is 5.35. The van der Waals surface area contributed by atoms with Gasteiger partial charge in [-0.2, -0.15) is 5.26 Å². The molecule has 17 heavy (non-hydrogen) atoms. The number of nitrogens with two attached hydrogens (primary N) is 1. The van der Waals surface area contributed by atoms with Crippen LogP contribution >= 0.6 is 11.6 Å². The molecule has 0 fully saturated rings. The van der Waals surface area contributed by atoms with Gasteiger partial charge in [-0.25, -0.2) is 0 Å². The lowest BCUT2D eigenvalue weighted by Crippen LogP contribution is -2.28. The summed E-state index contributed by atoms with van der Waals surface area (Å²) in [5.41, 5.74) is 7.16. The fourth-order valence-corrected chi connectivity index (χ4v) is 1.83. The molecular weight excluding hydrogens is 238 g/mol. The fourth-order valence-electron chi connectivity index (χ4n) is 1.52. The van der Waals surface area contributed by atoms with Gasteiger partial charge in [0.1, 0.15) is 0 Å². The quantitative estimate of drug-likeness (QED) is 0.790. The van der Waals surface area contributed by atoms with Gasteiger partial charge in [-0.05, 0) is 18.2 Å². The zero-order valence-electron chi connectivity index (χ0n) is 9.82. The lowest BCUT2D eigenvalue weighted by molar-refractivity contribution is 0.205. The van der Waals surface area contributed by atoms with E-state index in [0.717, 1.165) is 5.69 Å². The van der Waals surface area contributed by atoms with Crippen molar-refractivity contribution >= 4 is 23.0 Å². The number of nitriles is 1. The highest BCUT2D eigenvalue weighted by atomic mass is 35.5. The average molecular weight is 254 g/mol. The van der Waals surface area contributed by atoms with Crippen molar-refractivity contribution in [2.24, 2.45) is 0 Å². The maximum Gasteiger partial charge on any atom is 0.0660 e. The molecule has 0 aromatic heterocycles. The molecule has 0 aliphatic heterocycles. The Morgan fingerprint density at radius 2 is 2.24 bits per heavy atom. The van der Waals surface area contributed by atoms with Crippen LogP contribution in [0.1, 0.15) is 6.42 Å². The minimum absolute atomic E-state index is 0.449. The van der Waals surface area contributed by atoms with E-state index in [1.165, 1.54) is 0 Å². The number of nitrogen functional groups attached to an aromatic ring is 1. The molecule has 0 heterocycles. The molecule has 0 aliphatic carbocycles. The number of hydrogen-bond acceptors (Lipinski definition) is 4. The third-order valence-electron chi connectivity index (χ3n) is 2.37. The number of nitrogens with zero attached hydrogens (tertiary/aromatic N) is 2. The summed E-state index contributed by atoms with van der Waals surface area (Å²) in [6.45, 7) is 1.91. The molecule has 0 saturated heterocycles. The van der Waals surface area contributed by atoms with E-state index >= 15 is 0 Å². The van der Waals surface area contributed by atoms with Crippen molar-refractivity contribution in [3.63, 3.8) is 0 Å². The van der Waals surface area contributed by atoms with E-state index in [9.17, 15) is 0 Å². The second-order valence-electron chi connectivity index (χ2n) is 3.60. The van der Waals surface area contributed by atoms with Crippen molar-refractivity contribution in [2.75, 3.05) is 37.4 Å². The summed E-state index contributed by atoms with van der Waals surface area (Å²) in [4.78, 5) is 2.02. The molecular formula is C12H16ClN3O. The Labute approximate surface area is 107 Å². The van der Waals surface area contributed by atoms with Crippen molar-refractivity contribution in [1.29, 1.82) is 5.26 Å². The summed E-state index contributed by atoms with van der Waals surface area (Å²) in [5, 5.41) is 9.24. The number of rotatable bonds is 6. The highest BCUT2D eigenvalue weighted by Gasteiger charge is 2.10.